The molecule has 78 valence electrons. The fourth-order valence-electron chi connectivity index (χ4n) is 1.01. The van der Waals surface area contributed by atoms with Gasteiger partial charge in [-0.05, 0) is 18.2 Å². The number of imidazole rings is 1. The molecule has 1 N–H and O–H groups in total. The van der Waals surface area contributed by atoms with Gasteiger partial charge in [0, 0.05) is 11.9 Å². The van der Waals surface area contributed by atoms with E-state index in [1.807, 2.05) is 6.20 Å². The first-order valence-electron chi connectivity index (χ1n) is 4.47. The summed E-state index contributed by atoms with van der Waals surface area (Å²) in [5, 5.41) is 1.97. The maximum atomic E-state index is 5.68. The molecule has 0 aliphatic heterocycles. The lowest BCUT2D eigenvalue weighted by Gasteiger charge is -1.95. The van der Waals surface area contributed by atoms with Crippen LogP contribution in [0.5, 0.6) is 0 Å². The van der Waals surface area contributed by atoms with Gasteiger partial charge < -0.3 is 4.98 Å². The van der Waals surface area contributed by atoms with Crippen molar-refractivity contribution < 1.29 is 0 Å². The molecule has 15 heavy (non-hydrogen) atoms. The SMILES string of the molecule is CCc1cnc(Sc2ncc(Cl)cn2)[nH]1. The number of aromatic nitrogens is 4. The van der Waals surface area contributed by atoms with Crippen LogP contribution in [-0.4, -0.2) is 19.9 Å². The summed E-state index contributed by atoms with van der Waals surface area (Å²) < 4.78 is 0. The number of hydrogen-bond donors (Lipinski definition) is 1. The number of aryl methyl sites for hydroxylation is 1. The van der Waals surface area contributed by atoms with Gasteiger partial charge in [-0.3, -0.25) is 0 Å². The second-order valence-electron chi connectivity index (χ2n) is 2.85. The minimum atomic E-state index is 0.535. The van der Waals surface area contributed by atoms with Crippen molar-refractivity contribution in [3.63, 3.8) is 0 Å². The molecule has 0 unspecified atom stereocenters. The molecule has 0 aromatic carbocycles. The Hall–Kier alpha value is -1.07. The van der Waals surface area contributed by atoms with E-state index in [0.717, 1.165) is 17.3 Å². The summed E-state index contributed by atoms with van der Waals surface area (Å²) in [6.07, 6.45) is 5.90. The van der Waals surface area contributed by atoms with Crippen LogP contribution in [0.25, 0.3) is 0 Å². The quantitative estimate of drug-likeness (QED) is 0.838. The van der Waals surface area contributed by atoms with Gasteiger partial charge in [-0.25, -0.2) is 15.0 Å². The van der Waals surface area contributed by atoms with Gasteiger partial charge in [0.1, 0.15) is 0 Å². The zero-order valence-electron chi connectivity index (χ0n) is 8.07. The molecule has 2 heterocycles. The topological polar surface area (TPSA) is 54.5 Å². The summed E-state index contributed by atoms with van der Waals surface area (Å²) in [4.78, 5) is 15.5. The second kappa shape index (κ2) is 4.63. The molecule has 6 heteroatoms. The zero-order valence-corrected chi connectivity index (χ0v) is 9.64. The van der Waals surface area contributed by atoms with Crippen LogP contribution in [0.2, 0.25) is 5.02 Å². The van der Waals surface area contributed by atoms with Crippen molar-refractivity contribution in [3.8, 4) is 0 Å². The summed E-state index contributed by atoms with van der Waals surface area (Å²) in [6.45, 7) is 2.07. The van der Waals surface area contributed by atoms with Crippen LogP contribution in [0.15, 0.2) is 28.9 Å². The molecule has 0 fully saturated rings. The summed E-state index contributed by atoms with van der Waals surface area (Å²) in [5.41, 5.74) is 1.10. The van der Waals surface area contributed by atoms with Crippen LogP contribution in [0.3, 0.4) is 0 Å². The first kappa shape index (κ1) is 10.4. The van der Waals surface area contributed by atoms with E-state index in [1.165, 1.54) is 11.8 Å². The van der Waals surface area contributed by atoms with E-state index in [9.17, 15) is 0 Å². The smallest absolute Gasteiger partial charge is 0.195 e. The Morgan fingerprint density at radius 2 is 2.00 bits per heavy atom. The maximum Gasteiger partial charge on any atom is 0.195 e. The van der Waals surface area contributed by atoms with Crippen LogP contribution < -0.4 is 0 Å². The summed E-state index contributed by atoms with van der Waals surface area (Å²) >= 11 is 7.07. The predicted molar refractivity (Wildman–Crippen MR) is 59.1 cm³/mol. The van der Waals surface area contributed by atoms with E-state index in [-0.39, 0.29) is 0 Å². The Balaban J connectivity index is 2.11. The van der Waals surface area contributed by atoms with Gasteiger partial charge in [-0.2, -0.15) is 0 Å². The van der Waals surface area contributed by atoms with Gasteiger partial charge in [0.25, 0.3) is 0 Å². The highest BCUT2D eigenvalue weighted by atomic mass is 35.5. The third-order valence-corrected chi connectivity index (χ3v) is 2.76. The monoisotopic (exact) mass is 240 g/mol. The lowest BCUT2D eigenvalue weighted by Crippen LogP contribution is -1.85. The number of nitrogens with one attached hydrogen (secondary N) is 1. The Morgan fingerprint density at radius 3 is 2.60 bits per heavy atom. The average molecular weight is 241 g/mol. The van der Waals surface area contributed by atoms with Crippen molar-refractivity contribution in [1.29, 1.82) is 0 Å². The molecular weight excluding hydrogens is 232 g/mol. The number of H-pyrrole nitrogens is 1. The highest BCUT2D eigenvalue weighted by molar-refractivity contribution is 7.99. The van der Waals surface area contributed by atoms with Crippen LogP contribution in [0.4, 0.5) is 0 Å². The summed E-state index contributed by atoms with van der Waals surface area (Å²) in [5.74, 6) is 0. The number of aromatic amines is 1. The van der Waals surface area contributed by atoms with Gasteiger partial charge in [-0.1, -0.05) is 18.5 Å². The Labute approximate surface area is 96.5 Å². The first-order valence-corrected chi connectivity index (χ1v) is 5.66. The number of nitrogens with zero attached hydrogens (tertiary/aromatic N) is 3. The second-order valence-corrected chi connectivity index (χ2v) is 4.25. The molecule has 4 nitrogen and oxygen atoms in total. The molecule has 0 saturated heterocycles. The minimum Gasteiger partial charge on any atom is -0.336 e. The molecule has 2 aromatic rings. The van der Waals surface area contributed by atoms with Crippen molar-refractivity contribution in [2.24, 2.45) is 0 Å². The lowest BCUT2D eigenvalue weighted by atomic mass is 10.4. The molecule has 2 rings (SSSR count). The lowest BCUT2D eigenvalue weighted by molar-refractivity contribution is 0.942. The van der Waals surface area contributed by atoms with Crippen molar-refractivity contribution in [3.05, 3.63) is 29.3 Å². The molecule has 0 atom stereocenters. The molecule has 0 saturated carbocycles. The molecule has 0 spiro atoms. The molecule has 0 bridgehead atoms. The van der Waals surface area contributed by atoms with Crippen LogP contribution in [0, 0.1) is 0 Å². The fraction of sp³-hybridized carbons (Fsp3) is 0.222. The zero-order chi connectivity index (χ0) is 10.7. The molecule has 0 radical (unpaired) electrons. The molecule has 0 amide bonds. The van der Waals surface area contributed by atoms with Gasteiger partial charge in [0.15, 0.2) is 10.3 Å². The largest absolute Gasteiger partial charge is 0.336 e. The van der Waals surface area contributed by atoms with Crippen LogP contribution in [0.1, 0.15) is 12.6 Å². The van der Waals surface area contributed by atoms with E-state index >= 15 is 0 Å². The Kier molecular flexibility index (Phi) is 3.23. The number of hydrogen-bond acceptors (Lipinski definition) is 4. The minimum absolute atomic E-state index is 0.535. The first-order chi connectivity index (χ1) is 7.28. The Bertz CT molecular complexity index is 440. The standard InChI is InChI=1S/C9H9ClN4S/c1-2-7-5-13-9(14-7)15-8-11-3-6(10)4-12-8/h3-5H,2H2,1H3,(H,13,14). The predicted octanol–water partition coefficient (Wildman–Crippen LogP) is 2.57. The highest BCUT2D eigenvalue weighted by Gasteiger charge is 2.03. The highest BCUT2D eigenvalue weighted by Crippen LogP contribution is 2.21. The fourth-order valence-corrected chi connectivity index (χ4v) is 1.78. The van der Waals surface area contributed by atoms with Crippen molar-refractivity contribution in [2.45, 2.75) is 23.7 Å². The summed E-state index contributed by atoms with van der Waals surface area (Å²) in [6, 6.07) is 0. The molecular formula is C9H9ClN4S. The molecule has 0 aliphatic rings. The van der Waals surface area contributed by atoms with Gasteiger partial charge >= 0.3 is 0 Å². The van der Waals surface area contributed by atoms with Crippen LogP contribution in [-0.2, 0) is 6.42 Å². The van der Waals surface area contributed by atoms with E-state index < -0.39 is 0 Å². The molecule has 2 aromatic heterocycles. The van der Waals surface area contributed by atoms with Crippen LogP contribution >= 0.6 is 23.4 Å². The average Bonchev–Trinajstić information content (AvgIpc) is 2.69. The third kappa shape index (κ3) is 2.70. The van der Waals surface area contributed by atoms with E-state index in [2.05, 4.69) is 26.9 Å². The summed E-state index contributed by atoms with van der Waals surface area (Å²) in [7, 11) is 0. The maximum absolute atomic E-state index is 5.68. The van der Waals surface area contributed by atoms with Crippen molar-refractivity contribution in [1.82, 2.24) is 19.9 Å². The van der Waals surface area contributed by atoms with E-state index in [1.54, 1.807) is 12.4 Å². The Morgan fingerprint density at radius 1 is 1.27 bits per heavy atom. The molecule has 0 aliphatic carbocycles. The number of rotatable bonds is 3. The van der Waals surface area contributed by atoms with E-state index in [4.69, 9.17) is 11.6 Å². The van der Waals surface area contributed by atoms with Gasteiger partial charge in [0.05, 0.1) is 17.4 Å². The van der Waals surface area contributed by atoms with Crippen molar-refractivity contribution in [2.75, 3.05) is 0 Å². The normalized spacial score (nSPS) is 10.5. The van der Waals surface area contributed by atoms with Gasteiger partial charge in [0.2, 0.25) is 0 Å². The van der Waals surface area contributed by atoms with Crippen molar-refractivity contribution >= 4 is 23.4 Å². The van der Waals surface area contributed by atoms with Gasteiger partial charge in [-0.15, -0.1) is 0 Å². The van der Waals surface area contributed by atoms with E-state index in [0.29, 0.717) is 10.2 Å². The third-order valence-electron chi connectivity index (χ3n) is 1.77. The number of halogens is 1.